The number of terminal acetylenes is 1. The van der Waals surface area contributed by atoms with Crippen molar-refractivity contribution in [2.24, 2.45) is 21.0 Å². The van der Waals surface area contributed by atoms with Gasteiger partial charge in [-0.3, -0.25) is 0 Å². The molecule has 12 nitrogen and oxygen atoms in total. The number of hydrogen-bond donors (Lipinski definition) is 3. The Morgan fingerprint density at radius 3 is 1.84 bits per heavy atom. The Balaban J connectivity index is -0.000000184. The molecule has 12 heteroatoms. The molecule has 0 aliphatic rings. The van der Waals surface area contributed by atoms with Crippen LogP contribution in [-0.4, -0.2) is 20.1 Å². The number of benzene rings is 1. The molecule has 0 radical (unpaired) electrons. The van der Waals surface area contributed by atoms with Crippen LogP contribution in [0, 0.1) is 145 Å². The first-order chi connectivity index (χ1) is 24.3. The van der Waals surface area contributed by atoms with E-state index in [4.69, 9.17) is 27.1 Å². The summed E-state index contributed by atoms with van der Waals surface area (Å²) >= 11 is 0. The minimum atomic E-state index is 0. The van der Waals surface area contributed by atoms with E-state index in [2.05, 4.69) is 149 Å². The molecule has 4 rings (SSSR count). The van der Waals surface area contributed by atoms with Gasteiger partial charge in [-0.15, -0.1) is 11.3 Å². The number of nitroso groups, excluding NO2 is 1. The molecule has 0 saturated carbocycles. The van der Waals surface area contributed by atoms with Gasteiger partial charge in [-0.05, 0) is 170 Å². The highest BCUT2D eigenvalue weighted by Gasteiger charge is 2.17. The molecule has 0 aliphatic heterocycles. The number of rotatable bonds is 4. The third-order valence-corrected chi connectivity index (χ3v) is 5.62. The van der Waals surface area contributed by atoms with Crippen molar-refractivity contribution in [2.45, 2.75) is 34.6 Å². The van der Waals surface area contributed by atoms with Crippen LogP contribution in [0.1, 0.15) is 39.9 Å². The smallest absolute Gasteiger partial charge is 0.141 e. The van der Waals surface area contributed by atoms with Gasteiger partial charge in [-0.25, -0.2) is 9.97 Å². The number of aromatic nitrogens is 4. The zero-order valence-corrected chi connectivity index (χ0v) is 27.4. The van der Waals surface area contributed by atoms with Crippen LogP contribution in [0.5, 0.6) is 0 Å². The zero-order chi connectivity index (χ0) is 36.6. The second kappa shape index (κ2) is 21.4. The van der Waals surface area contributed by atoms with E-state index in [0.717, 1.165) is 56.3 Å². The highest BCUT2D eigenvalue weighted by atomic mass is 16.5. The zero-order valence-electron chi connectivity index (χ0n) is 27.4. The van der Waals surface area contributed by atoms with Crippen molar-refractivity contribution in [3.63, 3.8) is 0 Å². The van der Waals surface area contributed by atoms with Crippen molar-refractivity contribution in [3.05, 3.63) is 52.1 Å². The Kier molecular flexibility index (Phi) is 16.2. The predicted octanol–water partition coefficient (Wildman–Crippen LogP) is 7.55. The predicted molar refractivity (Wildman–Crippen MR) is 205 cm³/mol. The summed E-state index contributed by atoms with van der Waals surface area (Å²) in [7, 11) is 0. The molecule has 0 aliphatic carbocycles. The van der Waals surface area contributed by atoms with Crippen LogP contribution >= 0.6 is 0 Å². The van der Waals surface area contributed by atoms with E-state index in [9.17, 15) is 0 Å². The van der Waals surface area contributed by atoms with Gasteiger partial charge in [0.1, 0.15) is 22.7 Å². The van der Waals surface area contributed by atoms with Crippen LogP contribution in [0.2, 0.25) is 0 Å². The number of nitrogen functional groups attached to an aromatic ring is 1. The van der Waals surface area contributed by atoms with Crippen LogP contribution in [0.4, 0.5) is 5.82 Å². The number of imidazole rings is 1. The topological polar surface area (TPSA) is 184 Å². The lowest BCUT2D eigenvalue weighted by atomic mass is 9.96. The van der Waals surface area contributed by atoms with E-state index >= 15 is 0 Å². The molecular weight excluding hydrogens is 628 g/mol. The molecule has 1 aromatic carbocycles. The lowest BCUT2D eigenvalue weighted by molar-refractivity contribution is 0.393. The molecule has 0 saturated heterocycles. The van der Waals surface area contributed by atoms with Crippen LogP contribution in [-0.2, 0) is 0 Å². The summed E-state index contributed by atoms with van der Waals surface area (Å²) < 4.78 is 5.35. The van der Waals surface area contributed by atoms with Crippen LogP contribution in [0.3, 0.4) is 0 Å². The molecule has 4 aromatic rings. The van der Waals surface area contributed by atoms with Gasteiger partial charge in [-0.1, -0.05) is 11.1 Å². The monoisotopic (exact) mass is 666 g/mol. The largest absolute Gasteiger partial charge is 0.384 e. The minimum absolute atomic E-state index is 0. The van der Waals surface area contributed by atoms with Gasteiger partial charge in [-0.2, -0.15) is 5.53 Å². The van der Waals surface area contributed by atoms with Crippen molar-refractivity contribution in [1.82, 2.24) is 20.1 Å². The van der Waals surface area contributed by atoms with Crippen molar-refractivity contribution < 1.29 is 14.5 Å². The van der Waals surface area contributed by atoms with Gasteiger partial charge in [0.2, 0.25) is 0 Å². The molecule has 0 atom stereocenters. The Labute approximate surface area is 299 Å². The second-order valence-corrected chi connectivity index (χ2v) is 8.94. The number of nitrogens with one attached hydrogen (secondary N) is 2. The second-order valence-electron chi connectivity index (χ2n) is 8.94. The Bertz CT molecular complexity index is 2510. The number of fused-ring (bicyclic) bond motifs is 1. The summed E-state index contributed by atoms with van der Waals surface area (Å²) in [6.07, 6.45) is 4.89. The van der Waals surface area contributed by atoms with Crippen LogP contribution in [0.25, 0.3) is 33.3 Å². The van der Waals surface area contributed by atoms with Gasteiger partial charge in [0.05, 0.1) is 16.7 Å². The normalized spacial score (nSPS) is 8.16. The summed E-state index contributed by atoms with van der Waals surface area (Å²) in [4.78, 5) is 21.3. The lowest BCUT2D eigenvalue weighted by Gasteiger charge is -2.10. The molecule has 3 heterocycles. The Morgan fingerprint density at radius 1 is 0.800 bits per heavy atom. The van der Waals surface area contributed by atoms with Crippen LogP contribution < -0.4 is 5.73 Å². The van der Waals surface area contributed by atoms with E-state index in [1.165, 1.54) is 0 Å². The minimum Gasteiger partial charge on any atom is -0.384 e. The van der Waals surface area contributed by atoms with E-state index in [1.54, 1.807) is 6.92 Å². The molecule has 3 aromatic heterocycles. The van der Waals surface area contributed by atoms with Gasteiger partial charge >= 0.3 is 0 Å². The first-order valence-electron chi connectivity index (χ1n) is 13.9. The molecule has 0 fully saturated rings. The molecular formula is C38H38N10O2. The summed E-state index contributed by atoms with van der Waals surface area (Å²) in [6.45, 7) is 9.48. The van der Waals surface area contributed by atoms with Gasteiger partial charge in [0, 0.05) is 37.6 Å². The maximum absolute atomic E-state index is 8.91. The van der Waals surface area contributed by atoms with Crippen molar-refractivity contribution >= 4 is 16.9 Å². The van der Waals surface area contributed by atoms with E-state index in [-0.39, 0.29) is 9.99 Å². The van der Waals surface area contributed by atoms with E-state index in [1.807, 2.05) is 45.1 Å². The highest BCUT2D eigenvalue weighted by Crippen LogP contribution is 2.36. The first kappa shape index (κ1) is 37.9. The number of nitrogens with zero attached hydrogens (tertiary/aromatic N) is 7. The van der Waals surface area contributed by atoms with E-state index in [0.29, 0.717) is 5.82 Å². The molecule has 4 N–H and O–H groups in total. The number of anilines is 1. The molecule has 0 spiro atoms. The van der Waals surface area contributed by atoms with Gasteiger partial charge in [0.25, 0.3) is 0 Å². The summed E-state index contributed by atoms with van der Waals surface area (Å²) in [5, 5.41) is 13.3. The van der Waals surface area contributed by atoms with Gasteiger partial charge in [0.15, 0.2) is 0 Å². The van der Waals surface area contributed by atoms with Crippen molar-refractivity contribution in [2.75, 3.05) is 5.73 Å². The van der Waals surface area contributed by atoms with Crippen molar-refractivity contribution in [3.8, 4) is 129 Å². The third-order valence-electron chi connectivity index (χ3n) is 5.62. The quantitative estimate of drug-likeness (QED) is 0.0874. The van der Waals surface area contributed by atoms with Crippen molar-refractivity contribution in [1.29, 1.82) is 5.53 Å². The fraction of sp³-hybridized carbons (Fsp3) is 0.132. The molecule has 252 valence electrons. The molecule has 0 amide bonds. The number of aryl methyl sites for hydroxylation is 4. The number of pyridine rings is 1. The standard InChI is InChI=1S/C19H19N5O.C19H4.HN5O.7H2/c1-9-14(5-6-17(20)21-9)15-7-13(18-10(2)24-25-11(18)3)8-16-19(15)23-12(4)22-16;1-3-5-7-9-11-13-15-17-19-18-16-14-12-10-8-6-4-2;1-2-3-4-5-6;;;;;;;/h5-8H,1-4H3,(H2,20,21)(H,22,23);1H,2H3;1H;7*1H/b;;2-1?,4-3+;;;;;;;. The van der Waals surface area contributed by atoms with E-state index < -0.39 is 0 Å². The maximum atomic E-state index is 8.91. The number of nitrogens with two attached hydrogens (primary N) is 1. The maximum Gasteiger partial charge on any atom is 0.141 e. The first-order valence-corrected chi connectivity index (χ1v) is 13.9. The number of aromatic amines is 1. The summed E-state index contributed by atoms with van der Waals surface area (Å²) in [5.41, 5.74) is 19.4. The number of H-pyrrole nitrogens is 1. The SMILES string of the molecule is C#CC#CC#CC#CC#CC#CC#CC#CC#CC.Cc1nc2c(-c3ccc(N)nc3C)cc(-c3c(C)noc3C)cc2[nH]1.N=N/N=N/N=O.[HH].[HH].[HH].[HH].[HH].[HH].[HH]. The molecule has 50 heavy (non-hydrogen) atoms. The summed E-state index contributed by atoms with van der Waals surface area (Å²) in [5.74, 6) is 44.1. The highest BCUT2D eigenvalue weighted by molar-refractivity contribution is 5.97. The van der Waals surface area contributed by atoms with Gasteiger partial charge < -0.3 is 15.2 Å². The lowest BCUT2D eigenvalue weighted by Crippen LogP contribution is -1.95. The van der Waals surface area contributed by atoms with Crippen LogP contribution in [0.15, 0.2) is 49.7 Å². The Morgan fingerprint density at radius 2 is 1.38 bits per heavy atom. The molecule has 0 unspecified atom stereocenters. The average Bonchev–Trinajstić information content (AvgIpc) is 3.65. The summed E-state index contributed by atoms with van der Waals surface area (Å²) in [6, 6.07) is 8.02. The number of hydrogen-bond acceptors (Lipinski definition) is 7. The average molecular weight is 667 g/mol. The fourth-order valence-electron chi connectivity index (χ4n) is 3.89. The molecule has 0 bridgehead atoms. The third kappa shape index (κ3) is 12.6. The Hall–Kier alpha value is -8.31. The fourth-order valence-corrected chi connectivity index (χ4v) is 3.89.